The average Bonchev–Trinajstić information content (AvgIpc) is 2.42. The second kappa shape index (κ2) is 7.14. The summed E-state index contributed by atoms with van der Waals surface area (Å²) in [5, 5.41) is 9.03. The zero-order valence-corrected chi connectivity index (χ0v) is 14.1. The largest absolute Gasteiger partial charge is 0.480 e. The van der Waals surface area contributed by atoms with Gasteiger partial charge in [0.1, 0.15) is 6.54 Å². The van der Waals surface area contributed by atoms with Crippen molar-refractivity contribution in [2.45, 2.75) is 71.9 Å². The van der Waals surface area contributed by atoms with Crippen LogP contribution in [0.5, 0.6) is 0 Å². The summed E-state index contributed by atoms with van der Waals surface area (Å²) in [6.45, 7) is 8.17. The van der Waals surface area contributed by atoms with E-state index in [1.54, 1.807) is 4.90 Å². The number of carbonyl (C=O) groups excluding carboxylic acids is 1. The van der Waals surface area contributed by atoms with Crippen molar-refractivity contribution in [3.63, 3.8) is 0 Å². The maximum absolute atomic E-state index is 12.6. The van der Waals surface area contributed by atoms with E-state index in [0.717, 1.165) is 32.1 Å². The normalized spacial score (nSPS) is 19.9. The number of urea groups is 1. The number of amides is 2. The number of nitrogens with zero attached hydrogens (tertiary/aromatic N) is 2. The fourth-order valence-corrected chi connectivity index (χ4v) is 2.91. The molecular weight excluding hydrogens is 268 g/mol. The van der Waals surface area contributed by atoms with Gasteiger partial charge in [0, 0.05) is 19.1 Å². The van der Waals surface area contributed by atoms with Crippen LogP contribution in [0.25, 0.3) is 0 Å². The highest BCUT2D eigenvalue weighted by Crippen LogP contribution is 2.36. The van der Waals surface area contributed by atoms with Gasteiger partial charge in [-0.2, -0.15) is 0 Å². The maximum Gasteiger partial charge on any atom is 0.323 e. The van der Waals surface area contributed by atoms with Gasteiger partial charge in [0.2, 0.25) is 0 Å². The molecule has 1 unspecified atom stereocenters. The zero-order valence-electron chi connectivity index (χ0n) is 14.1. The van der Waals surface area contributed by atoms with Crippen molar-refractivity contribution in [1.29, 1.82) is 0 Å². The van der Waals surface area contributed by atoms with E-state index < -0.39 is 5.97 Å². The van der Waals surface area contributed by atoms with Crippen molar-refractivity contribution in [3.05, 3.63) is 0 Å². The number of carboxylic acids is 1. The van der Waals surface area contributed by atoms with E-state index in [1.165, 1.54) is 4.90 Å². The fourth-order valence-electron chi connectivity index (χ4n) is 2.91. The summed E-state index contributed by atoms with van der Waals surface area (Å²) in [6, 6.07) is 0.0124. The third kappa shape index (κ3) is 4.90. The van der Waals surface area contributed by atoms with Crippen molar-refractivity contribution in [2.24, 2.45) is 5.41 Å². The number of hydrogen-bond acceptors (Lipinski definition) is 2. The summed E-state index contributed by atoms with van der Waals surface area (Å²) >= 11 is 0. The summed E-state index contributed by atoms with van der Waals surface area (Å²) < 4.78 is 0. The Hall–Kier alpha value is -1.26. The molecule has 0 aromatic rings. The standard InChI is InChI=1S/C16H30N2O3/c1-6-12(2)18(11-14(19)20)15(21)17(5)13-7-9-16(3,4)10-8-13/h12-13H,6-11H2,1-5H3,(H,19,20). The summed E-state index contributed by atoms with van der Waals surface area (Å²) in [4.78, 5) is 26.9. The molecule has 1 atom stereocenters. The molecule has 0 aliphatic heterocycles. The van der Waals surface area contributed by atoms with E-state index in [-0.39, 0.29) is 24.7 Å². The van der Waals surface area contributed by atoms with E-state index in [9.17, 15) is 9.59 Å². The molecule has 1 fully saturated rings. The van der Waals surface area contributed by atoms with E-state index in [0.29, 0.717) is 5.41 Å². The molecule has 1 aliphatic rings. The smallest absolute Gasteiger partial charge is 0.323 e. The van der Waals surface area contributed by atoms with Gasteiger partial charge in [0.25, 0.3) is 0 Å². The molecule has 5 nitrogen and oxygen atoms in total. The maximum atomic E-state index is 12.6. The monoisotopic (exact) mass is 298 g/mol. The van der Waals surface area contributed by atoms with E-state index in [1.807, 2.05) is 20.9 Å². The second-order valence-electron chi connectivity index (χ2n) is 7.07. The highest BCUT2D eigenvalue weighted by Gasteiger charge is 2.33. The van der Waals surface area contributed by atoms with Crippen molar-refractivity contribution >= 4 is 12.0 Å². The molecule has 0 radical (unpaired) electrons. The molecule has 1 saturated carbocycles. The summed E-state index contributed by atoms with van der Waals surface area (Å²) in [5.41, 5.74) is 0.359. The highest BCUT2D eigenvalue weighted by molar-refractivity contribution is 5.80. The van der Waals surface area contributed by atoms with Gasteiger partial charge >= 0.3 is 12.0 Å². The highest BCUT2D eigenvalue weighted by atomic mass is 16.4. The summed E-state index contributed by atoms with van der Waals surface area (Å²) in [7, 11) is 1.81. The first-order valence-electron chi connectivity index (χ1n) is 7.93. The van der Waals surface area contributed by atoms with Crippen LogP contribution in [0, 0.1) is 5.41 Å². The lowest BCUT2D eigenvalue weighted by molar-refractivity contribution is -0.138. The molecule has 5 heteroatoms. The van der Waals surface area contributed by atoms with Gasteiger partial charge in [0.05, 0.1) is 0 Å². The quantitative estimate of drug-likeness (QED) is 0.848. The fraction of sp³-hybridized carbons (Fsp3) is 0.875. The Bertz CT molecular complexity index is 372. The number of rotatable bonds is 5. The lowest BCUT2D eigenvalue weighted by Crippen LogP contribution is -2.51. The molecule has 0 aromatic carbocycles. The van der Waals surface area contributed by atoms with E-state index in [2.05, 4.69) is 13.8 Å². The minimum absolute atomic E-state index is 0.0592. The van der Waals surface area contributed by atoms with Crippen molar-refractivity contribution in [1.82, 2.24) is 9.80 Å². The van der Waals surface area contributed by atoms with Crippen LogP contribution in [0.3, 0.4) is 0 Å². The lowest BCUT2D eigenvalue weighted by atomic mass is 9.75. The number of hydrogen-bond donors (Lipinski definition) is 1. The van der Waals surface area contributed by atoms with Crippen LogP contribution in [0.4, 0.5) is 4.79 Å². The third-order valence-electron chi connectivity index (χ3n) is 4.83. The zero-order chi connectivity index (χ0) is 16.2. The first-order chi connectivity index (χ1) is 9.68. The molecule has 2 amide bonds. The molecule has 1 aliphatic carbocycles. The molecule has 1 rings (SSSR count). The Morgan fingerprint density at radius 2 is 1.81 bits per heavy atom. The molecular formula is C16H30N2O3. The van der Waals surface area contributed by atoms with Gasteiger partial charge in [-0.1, -0.05) is 20.8 Å². The van der Waals surface area contributed by atoms with Crippen molar-refractivity contribution in [3.8, 4) is 0 Å². The Morgan fingerprint density at radius 3 is 2.24 bits per heavy atom. The number of aliphatic carboxylic acids is 1. The van der Waals surface area contributed by atoms with Gasteiger partial charge in [-0.15, -0.1) is 0 Å². The van der Waals surface area contributed by atoms with Crippen LogP contribution in [0.2, 0.25) is 0 Å². The molecule has 21 heavy (non-hydrogen) atoms. The predicted molar refractivity (Wildman–Crippen MR) is 83.3 cm³/mol. The summed E-state index contributed by atoms with van der Waals surface area (Å²) in [5.74, 6) is -0.957. The van der Waals surface area contributed by atoms with Crippen LogP contribution >= 0.6 is 0 Å². The number of carboxylic acid groups (broad SMARTS) is 1. The van der Waals surface area contributed by atoms with Crippen LogP contribution in [0.15, 0.2) is 0 Å². The average molecular weight is 298 g/mol. The Balaban J connectivity index is 2.72. The van der Waals surface area contributed by atoms with Crippen LogP contribution in [-0.2, 0) is 4.79 Å². The molecule has 0 bridgehead atoms. The predicted octanol–water partition coefficient (Wildman–Crippen LogP) is 3.19. The molecule has 0 spiro atoms. The topological polar surface area (TPSA) is 60.9 Å². The first kappa shape index (κ1) is 17.8. The van der Waals surface area contributed by atoms with Gasteiger partial charge in [-0.3, -0.25) is 4.79 Å². The molecule has 0 heterocycles. The second-order valence-corrected chi connectivity index (χ2v) is 7.07. The van der Waals surface area contributed by atoms with Gasteiger partial charge in [0.15, 0.2) is 0 Å². The third-order valence-corrected chi connectivity index (χ3v) is 4.83. The Kier molecular flexibility index (Phi) is 6.05. The molecule has 122 valence electrons. The van der Waals surface area contributed by atoms with E-state index >= 15 is 0 Å². The van der Waals surface area contributed by atoms with Crippen molar-refractivity contribution < 1.29 is 14.7 Å². The van der Waals surface area contributed by atoms with Crippen molar-refractivity contribution in [2.75, 3.05) is 13.6 Å². The Labute approximate surface area is 128 Å². The van der Waals surface area contributed by atoms with Gasteiger partial charge in [-0.25, -0.2) is 4.79 Å². The Morgan fingerprint density at radius 1 is 1.29 bits per heavy atom. The number of carbonyl (C=O) groups is 2. The minimum atomic E-state index is -0.957. The summed E-state index contributed by atoms with van der Waals surface area (Å²) in [6.07, 6.45) is 4.97. The van der Waals surface area contributed by atoms with Crippen LogP contribution in [-0.4, -0.2) is 52.6 Å². The molecule has 0 aromatic heterocycles. The molecule has 0 saturated heterocycles. The SMILES string of the molecule is CCC(C)N(CC(=O)O)C(=O)N(C)C1CCC(C)(C)CC1. The van der Waals surface area contributed by atoms with Crippen LogP contribution in [0.1, 0.15) is 59.8 Å². The van der Waals surface area contributed by atoms with Gasteiger partial charge < -0.3 is 14.9 Å². The minimum Gasteiger partial charge on any atom is -0.480 e. The van der Waals surface area contributed by atoms with Crippen LogP contribution < -0.4 is 0 Å². The van der Waals surface area contributed by atoms with Gasteiger partial charge in [-0.05, 0) is 44.4 Å². The molecule has 1 N–H and O–H groups in total. The van der Waals surface area contributed by atoms with E-state index in [4.69, 9.17) is 5.11 Å². The lowest BCUT2D eigenvalue weighted by Gasteiger charge is -2.41. The first-order valence-corrected chi connectivity index (χ1v) is 7.93.